The van der Waals surface area contributed by atoms with Crippen LogP contribution in [0.4, 0.5) is 0 Å². The molecule has 0 aromatic heterocycles. The third kappa shape index (κ3) is 2.57. The summed E-state index contributed by atoms with van der Waals surface area (Å²) in [5.74, 6) is 0.569. The van der Waals surface area contributed by atoms with E-state index < -0.39 is 0 Å². The maximum atomic E-state index is 10.9. The lowest BCUT2D eigenvalue weighted by atomic mass is 9.68. The van der Waals surface area contributed by atoms with E-state index in [2.05, 4.69) is 32.9 Å². The van der Waals surface area contributed by atoms with Gasteiger partial charge in [0.1, 0.15) is 0 Å². The third-order valence-corrected chi connectivity index (χ3v) is 3.11. The molecule has 1 atom stereocenters. The molecule has 1 rings (SSSR count). The quantitative estimate of drug-likeness (QED) is 0.483. The van der Waals surface area contributed by atoms with Crippen molar-refractivity contribution in [1.29, 1.82) is 0 Å². The second-order valence-corrected chi connectivity index (χ2v) is 4.92. The maximum Gasteiger partial charge on any atom is 0.152 e. The van der Waals surface area contributed by atoms with Crippen molar-refractivity contribution >= 4 is 5.78 Å². The van der Waals surface area contributed by atoms with Gasteiger partial charge < -0.3 is 0 Å². The van der Waals surface area contributed by atoms with E-state index >= 15 is 0 Å². The van der Waals surface area contributed by atoms with Gasteiger partial charge >= 0.3 is 0 Å². The molecule has 0 aliphatic heterocycles. The summed E-state index contributed by atoms with van der Waals surface area (Å²) in [6, 6.07) is 0. The number of hydrogen-bond acceptors (Lipinski definition) is 1. The van der Waals surface area contributed by atoms with E-state index in [1.54, 1.807) is 13.0 Å². The summed E-state index contributed by atoms with van der Waals surface area (Å²) in [6.45, 7) is 8.32. The number of carbonyl (C=O) groups is 1. The molecule has 0 unspecified atom stereocenters. The molecule has 0 heterocycles. The van der Waals surface area contributed by atoms with Crippen molar-refractivity contribution < 1.29 is 4.79 Å². The first-order chi connectivity index (χ1) is 6.43. The van der Waals surface area contributed by atoms with E-state index in [4.69, 9.17) is 0 Å². The minimum absolute atomic E-state index is 0.138. The first kappa shape index (κ1) is 11.2. The minimum Gasteiger partial charge on any atom is -0.295 e. The van der Waals surface area contributed by atoms with E-state index in [0.29, 0.717) is 11.3 Å². The molecule has 0 amide bonds. The fourth-order valence-corrected chi connectivity index (χ4v) is 2.21. The highest BCUT2D eigenvalue weighted by molar-refractivity contribution is 5.87. The zero-order valence-corrected chi connectivity index (χ0v) is 9.63. The van der Waals surface area contributed by atoms with Gasteiger partial charge in [-0.25, -0.2) is 0 Å². The molecule has 0 radical (unpaired) electrons. The molecule has 0 aromatic rings. The van der Waals surface area contributed by atoms with Crippen LogP contribution in [0.15, 0.2) is 23.8 Å². The van der Waals surface area contributed by atoms with Crippen LogP contribution < -0.4 is 0 Å². The van der Waals surface area contributed by atoms with Crippen LogP contribution in [0.3, 0.4) is 0 Å². The summed E-state index contributed by atoms with van der Waals surface area (Å²) in [6.07, 6.45) is 8.43. The molecular formula is C13H20O. The molecule has 0 fully saturated rings. The van der Waals surface area contributed by atoms with Crippen LogP contribution in [-0.2, 0) is 4.79 Å². The second kappa shape index (κ2) is 4.12. The molecule has 78 valence electrons. The number of ketones is 1. The van der Waals surface area contributed by atoms with Crippen molar-refractivity contribution in [3.63, 3.8) is 0 Å². The first-order valence-corrected chi connectivity index (χ1v) is 5.29. The van der Waals surface area contributed by atoms with Crippen LogP contribution in [0.5, 0.6) is 0 Å². The fraction of sp³-hybridized carbons (Fsp3) is 0.615. The Morgan fingerprint density at radius 2 is 2.21 bits per heavy atom. The van der Waals surface area contributed by atoms with Gasteiger partial charge in [-0.3, -0.25) is 4.79 Å². The lowest BCUT2D eigenvalue weighted by molar-refractivity contribution is -0.112. The zero-order chi connectivity index (χ0) is 10.8. The Morgan fingerprint density at radius 3 is 2.71 bits per heavy atom. The fourth-order valence-electron chi connectivity index (χ4n) is 2.21. The highest BCUT2D eigenvalue weighted by Gasteiger charge is 2.30. The highest BCUT2D eigenvalue weighted by atomic mass is 16.1. The zero-order valence-electron chi connectivity index (χ0n) is 9.63. The van der Waals surface area contributed by atoms with Crippen molar-refractivity contribution in [2.75, 3.05) is 0 Å². The van der Waals surface area contributed by atoms with Crippen LogP contribution in [-0.4, -0.2) is 5.78 Å². The molecule has 0 saturated carbocycles. The maximum absolute atomic E-state index is 10.9. The molecule has 14 heavy (non-hydrogen) atoms. The second-order valence-electron chi connectivity index (χ2n) is 4.92. The van der Waals surface area contributed by atoms with Gasteiger partial charge in [-0.2, -0.15) is 0 Å². The molecule has 0 N–H and O–H groups in total. The Bertz CT molecular complexity index is 282. The Morgan fingerprint density at radius 1 is 1.57 bits per heavy atom. The summed E-state index contributed by atoms with van der Waals surface area (Å²) in [5, 5.41) is 0. The largest absolute Gasteiger partial charge is 0.295 e. The van der Waals surface area contributed by atoms with Gasteiger partial charge in [-0.15, -0.1) is 0 Å². The lowest BCUT2D eigenvalue weighted by Gasteiger charge is -2.36. The molecule has 0 spiro atoms. The summed E-state index contributed by atoms with van der Waals surface area (Å²) in [4.78, 5) is 10.9. The van der Waals surface area contributed by atoms with Gasteiger partial charge in [0.2, 0.25) is 0 Å². The first-order valence-electron chi connectivity index (χ1n) is 5.29. The Balaban J connectivity index is 2.86. The average Bonchev–Trinajstić information content (AvgIpc) is 2.01. The smallest absolute Gasteiger partial charge is 0.152 e. The van der Waals surface area contributed by atoms with Gasteiger partial charge in [0.05, 0.1) is 0 Å². The summed E-state index contributed by atoms with van der Waals surface area (Å²) in [5.41, 5.74) is 1.70. The normalized spacial score (nSPS) is 26.3. The summed E-state index contributed by atoms with van der Waals surface area (Å²) in [7, 11) is 0. The summed E-state index contributed by atoms with van der Waals surface area (Å²) < 4.78 is 0. The molecular weight excluding hydrogens is 172 g/mol. The number of rotatable bonds is 2. The van der Waals surface area contributed by atoms with Gasteiger partial charge in [0, 0.05) is 5.92 Å². The van der Waals surface area contributed by atoms with E-state index in [-0.39, 0.29) is 5.78 Å². The van der Waals surface area contributed by atoms with Crippen molar-refractivity contribution in [3.8, 4) is 0 Å². The molecule has 1 heteroatoms. The van der Waals surface area contributed by atoms with Crippen LogP contribution in [0, 0.1) is 11.3 Å². The van der Waals surface area contributed by atoms with Gasteiger partial charge in [-0.05, 0) is 38.2 Å². The molecule has 0 bridgehead atoms. The third-order valence-electron chi connectivity index (χ3n) is 3.11. The SMILES string of the molecule is CC(=O)/C=C/[C@@H]1C(C)=CCCC1(C)C. The van der Waals surface area contributed by atoms with Crippen LogP contribution in [0.2, 0.25) is 0 Å². The van der Waals surface area contributed by atoms with Gasteiger partial charge in [-0.1, -0.05) is 31.6 Å². The standard InChI is InChI=1S/C13H20O/c1-10-6-5-9-13(3,4)12(10)8-7-11(2)14/h6-8,12H,5,9H2,1-4H3/b8-7+/t12-/m1/s1. The highest BCUT2D eigenvalue weighted by Crippen LogP contribution is 2.41. The Hall–Kier alpha value is -0.850. The van der Waals surface area contributed by atoms with Crippen molar-refractivity contribution in [1.82, 2.24) is 0 Å². The summed E-state index contributed by atoms with van der Waals surface area (Å²) >= 11 is 0. The van der Waals surface area contributed by atoms with Gasteiger partial charge in [0.15, 0.2) is 5.78 Å². The van der Waals surface area contributed by atoms with E-state index in [1.807, 2.05) is 0 Å². The molecule has 1 aliphatic rings. The van der Waals surface area contributed by atoms with Crippen LogP contribution in [0.1, 0.15) is 40.5 Å². The Labute approximate surface area is 86.9 Å². The molecule has 0 saturated heterocycles. The average molecular weight is 192 g/mol. The Kier molecular flexibility index (Phi) is 3.30. The monoisotopic (exact) mass is 192 g/mol. The molecule has 1 aliphatic carbocycles. The molecule has 0 aromatic carbocycles. The van der Waals surface area contributed by atoms with E-state index in [1.165, 1.54) is 18.4 Å². The van der Waals surface area contributed by atoms with Crippen molar-refractivity contribution in [2.24, 2.45) is 11.3 Å². The van der Waals surface area contributed by atoms with Crippen molar-refractivity contribution in [3.05, 3.63) is 23.8 Å². The topological polar surface area (TPSA) is 17.1 Å². The minimum atomic E-state index is 0.138. The van der Waals surface area contributed by atoms with Crippen LogP contribution in [0.25, 0.3) is 0 Å². The number of carbonyl (C=O) groups excluding carboxylic acids is 1. The van der Waals surface area contributed by atoms with E-state index in [9.17, 15) is 4.79 Å². The number of allylic oxidation sites excluding steroid dienone is 4. The van der Waals surface area contributed by atoms with E-state index in [0.717, 1.165) is 0 Å². The predicted octanol–water partition coefficient (Wildman–Crippen LogP) is 3.51. The number of hydrogen-bond donors (Lipinski definition) is 0. The van der Waals surface area contributed by atoms with Crippen LogP contribution >= 0.6 is 0 Å². The van der Waals surface area contributed by atoms with Gasteiger partial charge in [0.25, 0.3) is 0 Å². The van der Waals surface area contributed by atoms with Crippen molar-refractivity contribution in [2.45, 2.75) is 40.5 Å². The lowest BCUT2D eigenvalue weighted by Crippen LogP contribution is -2.26. The predicted molar refractivity (Wildman–Crippen MR) is 60.1 cm³/mol. The molecule has 1 nitrogen and oxygen atoms in total.